The molecule has 4 N–H and O–H groups in total. The van der Waals surface area contributed by atoms with Crippen molar-refractivity contribution in [3.63, 3.8) is 0 Å². The molecule has 1 fully saturated rings. The van der Waals surface area contributed by atoms with Gasteiger partial charge in [0.25, 0.3) is 5.97 Å². The third kappa shape index (κ3) is 9.26. The molecule has 1 atom stereocenters. The number of nitrogens with two attached hydrogens (primary N) is 1. The molecule has 0 aromatic heterocycles. The van der Waals surface area contributed by atoms with Gasteiger partial charge in [0.2, 0.25) is 0 Å². The van der Waals surface area contributed by atoms with Crippen LogP contribution in [0.4, 0.5) is 4.79 Å². The smallest absolute Gasteiger partial charge is 0.410 e. The van der Waals surface area contributed by atoms with Crippen LogP contribution in [0.1, 0.15) is 40.5 Å². The number of nitrogens with one attached hydrogen (secondary N) is 1. The predicted molar refractivity (Wildman–Crippen MR) is 71.5 cm³/mol. The maximum absolute atomic E-state index is 11.7. The standard InChI is InChI=1S/C10H21N3O2.C2H4O2/c1-10(2,3)15-9(14)13-6-4-5-8(7-13)12-11;1-2(3)4/h8,12H,4-7,11H2,1-3H3;1H3,(H,3,4). The first kappa shape index (κ1) is 17.7. The van der Waals surface area contributed by atoms with Gasteiger partial charge in [0.05, 0.1) is 0 Å². The normalized spacial score (nSPS) is 19.2. The molecule has 0 saturated carbocycles. The number of hydrogen-bond acceptors (Lipinski definition) is 5. The summed E-state index contributed by atoms with van der Waals surface area (Å²) in [6.45, 7) is 8.08. The van der Waals surface area contributed by atoms with Crippen molar-refractivity contribution in [2.75, 3.05) is 13.1 Å². The number of carbonyl (C=O) groups is 2. The van der Waals surface area contributed by atoms with Gasteiger partial charge in [-0.25, -0.2) is 4.79 Å². The molecule has 0 aliphatic carbocycles. The Bertz CT molecular complexity index is 298. The first-order chi connectivity index (χ1) is 8.65. The van der Waals surface area contributed by atoms with Crippen LogP contribution in [0.15, 0.2) is 0 Å². The molecular formula is C12H25N3O4. The minimum Gasteiger partial charge on any atom is -0.481 e. The number of carboxylic acids is 1. The van der Waals surface area contributed by atoms with Crippen LogP contribution in [0.3, 0.4) is 0 Å². The van der Waals surface area contributed by atoms with E-state index in [1.165, 1.54) is 0 Å². The Hall–Kier alpha value is -1.34. The van der Waals surface area contributed by atoms with Crippen molar-refractivity contribution in [3.8, 4) is 0 Å². The first-order valence-corrected chi connectivity index (χ1v) is 6.29. The minimum absolute atomic E-state index is 0.186. The monoisotopic (exact) mass is 275 g/mol. The Labute approximate surface area is 114 Å². The van der Waals surface area contributed by atoms with E-state index < -0.39 is 11.6 Å². The van der Waals surface area contributed by atoms with Crippen molar-refractivity contribution in [1.29, 1.82) is 0 Å². The lowest BCUT2D eigenvalue weighted by atomic mass is 10.1. The van der Waals surface area contributed by atoms with E-state index >= 15 is 0 Å². The third-order valence-corrected chi connectivity index (χ3v) is 2.31. The van der Waals surface area contributed by atoms with E-state index in [2.05, 4.69) is 5.43 Å². The van der Waals surface area contributed by atoms with Crippen LogP contribution < -0.4 is 11.3 Å². The molecule has 19 heavy (non-hydrogen) atoms. The molecule has 1 amide bonds. The molecule has 7 nitrogen and oxygen atoms in total. The minimum atomic E-state index is -0.833. The fourth-order valence-electron chi connectivity index (χ4n) is 1.61. The lowest BCUT2D eigenvalue weighted by molar-refractivity contribution is -0.134. The van der Waals surface area contributed by atoms with Gasteiger partial charge in [-0.1, -0.05) is 0 Å². The van der Waals surface area contributed by atoms with Gasteiger partial charge in [0.15, 0.2) is 0 Å². The maximum Gasteiger partial charge on any atom is 0.410 e. The highest BCUT2D eigenvalue weighted by Gasteiger charge is 2.26. The summed E-state index contributed by atoms with van der Waals surface area (Å²) in [7, 11) is 0. The average molecular weight is 275 g/mol. The summed E-state index contributed by atoms with van der Waals surface area (Å²) in [5.74, 6) is 4.53. The zero-order chi connectivity index (χ0) is 15.1. The van der Waals surface area contributed by atoms with E-state index in [1.54, 1.807) is 4.90 Å². The summed E-state index contributed by atoms with van der Waals surface area (Å²) in [4.78, 5) is 22.4. The second-order valence-electron chi connectivity index (χ2n) is 5.45. The molecule has 1 saturated heterocycles. The zero-order valence-corrected chi connectivity index (χ0v) is 12.1. The molecule has 0 spiro atoms. The lowest BCUT2D eigenvalue weighted by Crippen LogP contribution is -2.51. The van der Waals surface area contributed by atoms with Crippen LogP contribution in [-0.4, -0.2) is 46.8 Å². The highest BCUT2D eigenvalue weighted by molar-refractivity contribution is 5.68. The van der Waals surface area contributed by atoms with Gasteiger partial charge in [-0.3, -0.25) is 16.1 Å². The summed E-state index contributed by atoms with van der Waals surface area (Å²) in [6, 6.07) is 0.186. The number of amides is 1. The van der Waals surface area contributed by atoms with E-state index in [0.717, 1.165) is 26.3 Å². The number of aliphatic carboxylic acids is 1. The maximum atomic E-state index is 11.7. The molecule has 7 heteroatoms. The fourth-order valence-corrected chi connectivity index (χ4v) is 1.61. The largest absolute Gasteiger partial charge is 0.481 e. The van der Waals surface area contributed by atoms with Crippen LogP contribution in [0, 0.1) is 0 Å². The number of piperidine rings is 1. The molecule has 0 aromatic rings. The van der Waals surface area contributed by atoms with E-state index in [4.69, 9.17) is 20.5 Å². The van der Waals surface area contributed by atoms with Gasteiger partial charge in [-0.05, 0) is 33.6 Å². The molecule has 0 bridgehead atoms. The number of likely N-dealkylation sites (tertiary alicyclic amines) is 1. The number of carbonyl (C=O) groups excluding carboxylic acids is 1. The number of hydrazine groups is 1. The Kier molecular flexibility index (Phi) is 7.40. The Morgan fingerprint density at radius 2 is 1.95 bits per heavy atom. The summed E-state index contributed by atoms with van der Waals surface area (Å²) in [5, 5.41) is 7.42. The van der Waals surface area contributed by atoms with Crippen LogP contribution in [0.25, 0.3) is 0 Å². The SMILES string of the molecule is CC(=O)O.CC(C)(C)OC(=O)N1CCCC(NN)C1. The highest BCUT2D eigenvalue weighted by Crippen LogP contribution is 2.14. The van der Waals surface area contributed by atoms with Gasteiger partial charge in [0.1, 0.15) is 5.60 Å². The third-order valence-electron chi connectivity index (χ3n) is 2.31. The molecule has 0 radical (unpaired) electrons. The molecule has 1 heterocycles. The Balaban J connectivity index is 0.000000711. The van der Waals surface area contributed by atoms with Crippen LogP contribution >= 0.6 is 0 Å². The van der Waals surface area contributed by atoms with E-state index in [-0.39, 0.29) is 12.1 Å². The molecule has 1 rings (SSSR count). The van der Waals surface area contributed by atoms with Crippen molar-refractivity contribution in [3.05, 3.63) is 0 Å². The van der Waals surface area contributed by atoms with Gasteiger partial charge >= 0.3 is 6.09 Å². The number of ether oxygens (including phenoxy) is 1. The summed E-state index contributed by atoms with van der Waals surface area (Å²) >= 11 is 0. The second kappa shape index (κ2) is 7.96. The zero-order valence-electron chi connectivity index (χ0n) is 12.1. The van der Waals surface area contributed by atoms with Crippen LogP contribution in [0.5, 0.6) is 0 Å². The molecule has 1 unspecified atom stereocenters. The summed E-state index contributed by atoms with van der Waals surface area (Å²) in [6.07, 6.45) is 1.73. The van der Waals surface area contributed by atoms with E-state index in [1.807, 2.05) is 20.8 Å². The number of carboxylic acid groups (broad SMARTS) is 1. The first-order valence-electron chi connectivity index (χ1n) is 6.29. The van der Waals surface area contributed by atoms with Crippen molar-refractivity contribution in [2.24, 2.45) is 5.84 Å². The molecule has 0 aromatic carbocycles. The van der Waals surface area contributed by atoms with Crippen LogP contribution in [-0.2, 0) is 9.53 Å². The van der Waals surface area contributed by atoms with Crippen molar-refractivity contribution >= 4 is 12.1 Å². The topological polar surface area (TPSA) is 105 Å². The molecule has 112 valence electrons. The van der Waals surface area contributed by atoms with Gasteiger partial charge in [0, 0.05) is 26.1 Å². The van der Waals surface area contributed by atoms with Crippen molar-refractivity contribution in [2.45, 2.75) is 52.2 Å². The summed E-state index contributed by atoms with van der Waals surface area (Å²) < 4.78 is 5.29. The lowest BCUT2D eigenvalue weighted by Gasteiger charge is -2.33. The average Bonchev–Trinajstić information content (AvgIpc) is 2.26. The summed E-state index contributed by atoms with van der Waals surface area (Å²) in [5.41, 5.74) is 2.27. The Morgan fingerprint density at radius 3 is 2.37 bits per heavy atom. The van der Waals surface area contributed by atoms with E-state index in [0.29, 0.717) is 6.54 Å². The van der Waals surface area contributed by atoms with Gasteiger partial charge in [-0.2, -0.15) is 0 Å². The fraction of sp³-hybridized carbons (Fsp3) is 0.833. The predicted octanol–water partition coefficient (Wildman–Crippen LogP) is 0.940. The van der Waals surface area contributed by atoms with Crippen LogP contribution in [0.2, 0.25) is 0 Å². The van der Waals surface area contributed by atoms with E-state index in [9.17, 15) is 4.79 Å². The molecular weight excluding hydrogens is 250 g/mol. The van der Waals surface area contributed by atoms with Crippen molar-refractivity contribution in [1.82, 2.24) is 10.3 Å². The number of rotatable bonds is 1. The van der Waals surface area contributed by atoms with Gasteiger partial charge < -0.3 is 14.7 Å². The molecule has 1 aliphatic rings. The molecule has 1 aliphatic heterocycles. The quantitative estimate of drug-likeness (QED) is 0.486. The van der Waals surface area contributed by atoms with Gasteiger partial charge in [-0.15, -0.1) is 0 Å². The number of hydrogen-bond donors (Lipinski definition) is 3. The number of nitrogens with zero attached hydrogens (tertiary/aromatic N) is 1. The second-order valence-corrected chi connectivity index (χ2v) is 5.45. The highest BCUT2D eigenvalue weighted by atomic mass is 16.6. The Morgan fingerprint density at radius 1 is 1.42 bits per heavy atom. The van der Waals surface area contributed by atoms with Crippen molar-refractivity contribution < 1.29 is 19.4 Å².